The van der Waals surface area contributed by atoms with Crippen LogP contribution in [0.1, 0.15) is 58.2 Å². The van der Waals surface area contributed by atoms with Crippen LogP contribution < -0.4 is 5.32 Å². The molecule has 1 heterocycles. The highest BCUT2D eigenvalue weighted by Gasteiger charge is 2.27. The van der Waals surface area contributed by atoms with Gasteiger partial charge in [0.2, 0.25) is 0 Å². The number of carbonyl (C=O) groups is 1. The molecule has 0 bridgehead atoms. The summed E-state index contributed by atoms with van der Waals surface area (Å²) < 4.78 is 1.83. The van der Waals surface area contributed by atoms with E-state index in [9.17, 15) is 9.90 Å². The van der Waals surface area contributed by atoms with Crippen molar-refractivity contribution in [3.05, 3.63) is 71.4 Å². The molecule has 0 aliphatic heterocycles. The highest BCUT2D eigenvalue weighted by Crippen LogP contribution is 2.37. The highest BCUT2D eigenvalue weighted by molar-refractivity contribution is 5.73. The molecule has 1 aromatic heterocycles. The standard InChI is InChI=1S/C25H31N3O2/c1-24(2,3)20-14-17(15-21(25(4,5)6)19(20)16-23(29)30)26-22-12-13-28(27-22)18-10-8-7-9-11-18/h7-15H,16H2,1-6H3,(H,26,27)(H,29,30). The van der Waals surface area contributed by atoms with E-state index in [1.54, 1.807) is 0 Å². The zero-order valence-electron chi connectivity index (χ0n) is 18.7. The third-order valence-corrected chi connectivity index (χ3v) is 5.08. The molecule has 0 spiro atoms. The number of carboxylic acid groups (broad SMARTS) is 1. The fourth-order valence-electron chi connectivity index (χ4n) is 3.69. The zero-order chi connectivity index (χ0) is 22.1. The molecule has 0 atom stereocenters. The minimum atomic E-state index is -0.812. The number of nitrogens with zero attached hydrogens (tertiary/aromatic N) is 2. The van der Waals surface area contributed by atoms with Gasteiger partial charge < -0.3 is 10.4 Å². The van der Waals surface area contributed by atoms with Crippen molar-refractivity contribution in [2.45, 2.75) is 58.8 Å². The quantitative estimate of drug-likeness (QED) is 0.560. The maximum absolute atomic E-state index is 11.6. The fourth-order valence-corrected chi connectivity index (χ4v) is 3.69. The van der Waals surface area contributed by atoms with Gasteiger partial charge in [0, 0.05) is 18.0 Å². The van der Waals surface area contributed by atoms with Gasteiger partial charge in [0.25, 0.3) is 0 Å². The SMILES string of the molecule is CC(C)(C)c1cc(Nc2ccn(-c3ccccc3)n2)cc(C(C)(C)C)c1CC(=O)O. The predicted molar refractivity (Wildman–Crippen MR) is 122 cm³/mol. The van der Waals surface area contributed by atoms with Crippen molar-refractivity contribution in [1.29, 1.82) is 0 Å². The monoisotopic (exact) mass is 405 g/mol. The molecule has 0 aliphatic carbocycles. The van der Waals surface area contributed by atoms with Crippen LogP contribution in [0.3, 0.4) is 0 Å². The second-order valence-corrected chi connectivity index (χ2v) is 9.73. The summed E-state index contributed by atoms with van der Waals surface area (Å²) in [6, 6.07) is 16.0. The number of aliphatic carboxylic acids is 1. The Balaban J connectivity index is 2.05. The molecule has 5 nitrogen and oxygen atoms in total. The molecular formula is C25H31N3O2. The Hall–Kier alpha value is -3.08. The largest absolute Gasteiger partial charge is 0.481 e. The Labute approximate surface area is 178 Å². The van der Waals surface area contributed by atoms with Crippen molar-refractivity contribution in [3.63, 3.8) is 0 Å². The van der Waals surface area contributed by atoms with Gasteiger partial charge in [-0.25, -0.2) is 4.68 Å². The molecule has 0 aliphatic rings. The number of aromatic nitrogens is 2. The van der Waals surface area contributed by atoms with E-state index in [-0.39, 0.29) is 17.3 Å². The van der Waals surface area contributed by atoms with Crippen LogP contribution in [-0.4, -0.2) is 20.9 Å². The van der Waals surface area contributed by atoms with Crippen LogP contribution in [0.5, 0.6) is 0 Å². The summed E-state index contributed by atoms with van der Waals surface area (Å²) in [6.07, 6.45) is 1.94. The van der Waals surface area contributed by atoms with E-state index >= 15 is 0 Å². The average Bonchev–Trinajstić information content (AvgIpc) is 3.09. The summed E-state index contributed by atoms with van der Waals surface area (Å²) in [6.45, 7) is 12.7. The summed E-state index contributed by atoms with van der Waals surface area (Å²) in [5.41, 5.74) is 4.52. The van der Waals surface area contributed by atoms with Crippen LogP contribution in [0.4, 0.5) is 11.5 Å². The van der Waals surface area contributed by atoms with Gasteiger partial charge >= 0.3 is 5.97 Å². The topological polar surface area (TPSA) is 67.2 Å². The van der Waals surface area contributed by atoms with Gasteiger partial charge in [0.05, 0.1) is 12.1 Å². The first kappa shape index (κ1) is 21.6. The van der Waals surface area contributed by atoms with Gasteiger partial charge in [-0.15, -0.1) is 0 Å². The Morgan fingerprint density at radius 1 is 0.967 bits per heavy atom. The number of carboxylic acids is 1. The number of anilines is 2. The summed E-state index contributed by atoms with van der Waals surface area (Å²) in [5.74, 6) is -0.0714. The Morgan fingerprint density at radius 2 is 1.53 bits per heavy atom. The third kappa shape index (κ3) is 4.90. The summed E-state index contributed by atoms with van der Waals surface area (Å²) in [5, 5.41) is 17.6. The van der Waals surface area contributed by atoms with E-state index in [1.807, 2.05) is 47.3 Å². The van der Waals surface area contributed by atoms with Crippen molar-refractivity contribution in [3.8, 4) is 5.69 Å². The number of para-hydroxylation sites is 1. The lowest BCUT2D eigenvalue weighted by Gasteiger charge is -2.30. The van der Waals surface area contributed by atoms with Crippen LogP contribution >= 0.6 is 0 Å². The Bertz CT molecular complexity index is 1000. The highest BCUT2D eigenvalue weighted by atomic mass is 16.4. The fraction of sp³-hybridized carbons (Fsp3) is 0.360. The predicted octanol–water partition coefficient (Wildman–Crippen LogP) is 5.84. The zero-order valence-corrected chi connectivity index (χ0v) is 18.7. The van der Waals surface area contributed by atoms with Crippen LogP contribution in [-0.2, 0) is 22.0 Å². The first-order valence-corrected chi connectivity index (χ1v) is 10.2. The van der Waals surface area contributed by atoms with Gasteiger partial charge in [-0.2, -0.15) is 5.10 Å². The van der Waals surface area contributed by atoms with Crippen molar-refractivity contribution < 1.29 is 9.90 Å². The second-order valence-electron chi connectivity index (χ2n) is 9.73. The van der Waals surface area contributed by atoms with E-state index < -0.39 is 5.97 Å². The van der Waals surface area contributed by atoms with Crippen molar-refractivity contribution in [1.82, 2.24) is 9.78 Å². The summed E-state index contributed by atoms with van der Waals surface area (Å²) in [4.78, 5) is 11.6. The van der Waals surface area contributed by atoms with E-state index in [0.717, 1.165) is 33.9 Å². The molecule has 5 heteroatoms. The first-order chi connectivity index (χ1) is 13.9. The molecule has 0 unspecified atom stereocenters. The Morgan fingerprint density at radius 3 is 2.03 bits per heavy atom. The molecule has 3 aromatic rings. The van der Waals surface area contributed by atoms with E-state index in [0.29, 0.717) is 0 Å². The van der Waals surface area contributed by atoms with Crippen LogP contribution in [0.2, 0.25) is 0 Å². The summed E-state index contributed by atoms with van der Waals surface area (Å²) >= 11 is 0. The van der Waals surface area contributed by atoms with Gasteiger partial charge in [-0.1, -0.05) is 59.7 Å². The summed E-state index contributed by atoms with van der Waals surface area (Å²) in [7, 11) is 0. The molecule has 158 valence electrons. The molecule has 0 radical (unpaired) electrons. The van der Waals surface area contributed by atoms with E-state index in [4.69, 9.17) is 0 Å². The van der Waals surface area contributed by atoms with Gasteiger partial charge in [-0.05, 0) is 51.8 Å². The Kier molecular flexibility index (Phi) is 5.75. The number of rotatable bonds is 5. The smallest absolute Gasteiger partial charge is 0.307 e. The number of hydrogen-bond acceptors (Lipinski definition) is 3. The molecule has 0 fully saturated rings. The van der Waals surface area contributed by atoms with Crippen molar-refractivity contribution in [2.75, 3.05) is 5.32 Å². The molecule has 2 aromatic carbocycles. The number of benzene rings is 2. The normalized spacial score (nSPS) is 12.1. The molecule has 3 rings (SSSR count). The van der Waals surface area contributed by atoms with Crippen LogP contribution in [0, 0.1) is 0 Å². The van der Waals surface area contributed by atoms with E-state index in [2.05, 4.69) is 64.1 Å². The molecule has 2 N–H and O–H groups in total. The number of nitrogens with one attached hydrogen (secondary N) is 1. The minimum Gasteiger partial charge on any atom is -0.481 e. The lowest BCUT2D eigenvalue weighted by molar-refractivity contribution is -0.136. The van der Waals surface area contributed by atoms with Gasteiger partial charge in [0.1, 0.15) is 0 Å². The average molecular weight is 406 g/mol. The molecule has 0 amide bonds. The van der Waals surface area contributed by atoms with Crippen LogP contribution in [0.25, 0.3) is 5.69 Å². The lowest BCUT2D eigenvalue weighted by atomic mass is 9.75. The van der Waals surface area contributed by atoms with Gasteiger partial charge in [-0.3, -0.25) is 4.79 Å². The minimum absolute atomic E-state index is 0.0160. The van der Waals surface area contributed by atoms with Crippen molar-refractivity contribution >= 4 is 17.5 Å². The van der Waals surface area contributed by atoms with E-state index in [1.165, 1.54) is 0 Å². The van der Waals surface area contributed by atoms with Gasteiger partial charge in [0.15, 0.2) is 5.82 Å². The lowest BCUT2D eigenvalue weighted by Crippen LogP contribution is -2.23. The van der Waals surface area contributed by atoms with Crippen LogP contribution in [0.15, 0.2) is 54.7 Å². The maximum atomic E-state index is 11.6. The molecule has 0 saturated heterocycles. The molecular weight excluding hydrogens is 374 g/mol. The molecule has 0 saturated carbocycles. The molecule has 30 heavy (non-hydrogen) atoms. The van der Waals surface area contributed by atoms with Crippen molar-refractivity contribution in [2.24, 2.45) is 0 Å². The third-order valence-electron chi connectivity index (χ3n) is 5.08. The number of hydrogen-bond donors (Lipinski definition) is 2. The first-order valence-electron chi connectivity index (χ1n) is 10.2. The second kappa shape index (κ2) is 7.98. The maximum Gasteiger partial charge on any atom is 0.307 e.